The van der Waals surface area contributed by atoms with E-state index in [0.717, 1.165) is 24.5 Å². The lowest BCUT2D eigenvalue weighted by molar-refractivity contribution is 0.981. The van der Waals surface area contributed by atoms with Gasteiger partial charge in [-0.25, -0.2) is 4.98 Å². The van der Waals surface area contributed by atoms with Crippen LogP contribution in [0.25, 0.3) is 0 Å². The van der Waals surface area contributed by atoms with Gasteiger partial charge in [-0.3, -0.25) is 0 Å². The average molecular weight is 332 g/mol. The fourth-order valence-electron chi connectivity index (χ4n) is 2.60. The van der Waals surface area contributed by atoms with Crippen LogP contribution in [0, 0.1) is 13.8 Å². The molecule has 3 aromatic rings. The van der Waals surface area contributed by atoms with Gasteiger partial charge in [-0.1, -0.05) is 60.2 Å². The van der Waals surface area contributed by atoms with Gasteiger partial charge in [0.1, 0.15) is 5.82 Å². The Balaban J connectivity index is 1.57. The largest absolute Gasteiger partial charge is 0.370 e. The summed E-state index contributed by atoms with van der Waals surface area (Å²) in [5, 5.41) is 6.70. The van der Waals surface area contributed by atoms with E-state index in [-0.39, 0.29) is 0 Å². The molecule has 128 valence electrons. The molecule has 25 heavy (non-hydrogen) atoms. The van der Waals surface area contributed by atoms with Crippen molar-refractivity contribution in [2.45, 2.75) is 26.8 Å². The third-order valence-electron chi connectivity index (χ3n) is 3.99. The molecule has 0 spiro atoms. The van der Waals surface area contributed by atoms with Crippen molar-refractivity contribution in [1.82, 2.24) is 9.97 Å². The first-order chi connectivity index (χ1) is 12.2. The molecule has 0 aliphatic carbocycles. The van der Waals surface area contributed by atoms with Crippen molar-refractivity contribution in [1.29, 1.82) is 0 Å². The standard InChI is InChI=1S/C21H24N4/c1-16-8-10-19(11-9-16)15-23-21-24-17(2)14-20(25-21)22-13-12-18-6-4-3-5-7-18/h3-11,14H,12-13,15H2,1-2H3,(H2,22,23,24,25). The van der Waals surface area contributed by atoms with Gasteiger partial charge in [-0.2, -0.15) is 4.98 Å². The molecule has 2 N–H and O–H groups in total. The normalized spacial score (nSPS) is 10.5. The molecule has 4 heteroatoms. The molecule has 0 atom stereocenters. The molecule has 2 aromatic carbocycles. The fourth-order valence-corrected chi connectivity index (χ4v) is 2.60. The minimum Gasteiger partial charge on any atom is -0.370 e. The lowest BCUT2D eigenvalue weighted by Gasteiger charge is -2.10. The maximum Gasteiger partial charge on any atom is 0.225 e. The summed E-state index contributed by atoms with van der Waals surface area (Å²) in [6.45, 7) is 5.64. The first-order valence-electron chi connectivity index (χ1n) is 8.62. The second kappa shape index (κ2) is 8.29. The number of hydrogen-bond acceptors (Lipinski definition) is 4. The maximum atomic E-state index is 4.56. The highest BCUT2D eigenvalue weighted by atomic mass is 15.1. The van der Waals surface area contributed by atoms with E-state index in [1.54, 1.807) is 0 Å². The number of aryl methyl sites for hydroxylation is 2. The summed E-state index contributed by atoms with van der Waals surface area (Å²) in [5.41, 5.74) is 4.75. The molecule has 0 radical (unpaired) electrons. The SMILES string of the molecule is Cc1ccc(CNc2nc(C)cc(NCCc3ccccc3)n2)cc1. The van der Waals surface area contributed by atoms with Crippen molar-refractivity contribution in [3.8, 4) is 0 Å². The van der Waals surface area contributed by atoms with Crippen LogP contribution in [-0.2, 0) is 13.0 Å². The molecule has 0 saturated heterocycles. The summed E-state index contributed by atoms with van der Waals surface area (Å²) in [5.74, 6) is 1.51. The summed E-state index contributed by atoms with van der Waals surface area (Å²) in [4.78, 5) is 9.03. The van der Waals surface area contributed by atoms with Crippen molar-refractivity contribution in [2.24, 2.45) is 0 Å². The molecule has 0 bridgehead atoms. The Hall–Kier alpha value is -2.88. The summed E-state index contributed by atoms with van der Waals surface area (Å²) in [6.07, 6.45) is 0.968. The number of anilines is 2. The molecule has 0 fully saturated rings. The maximum absolute atomic E-state index is 4.56. The molecule has 0 unspecified atom stereocenters. The summed E-state index contributed by atoms with van der Waals surface area (Å²) >= 11 is 0. The Morgan fingerprint density at radius 3 is 2.32 bits per heavy atom. The molecule has 4 nitrogen and oxygen atoms in total. The van der Waals surface area contributed by atoms with Crippen LogP contribution in [0.1, 0.15) is 22.4 Å². The third-order valence-corrected chi connectivity index (χ3v) is 3.99. The molecule has 0 aliphatic heterocycles. The highest BCUT2D eigenvalue weighted by Gasteiger charge is 2.02. The Bertz CT molecular complexity index is 798. The predicted octanol–water partition coefficient (Wildman–Crippen LogP) is 4.36. The van der Waals surface area contributed by atoms with E-state index in [9.17, 15) is 0 Å². The van der Waals surface area contributed by atoms with Crippen molar-refractivity contribution in [3.63, 3.8) is 0 Å². The van der Waals surface area contributed by atoms with E-state index in [4.69, 9.17) is 0 Å². The molecular formula is C21H24N4. The second-order valence-corrected chi connectivity index (χ2v) is 6.22. The Labute approximate surface area is 149 Å². The van der Waals surface area contributed by atoms with Gasteiger partial charge in [0.05, 0.1) is 0 Å². The Kier molecular flexibility index (Phi) is 5.62. The minimum absolute atomic E-state index is 0.655. The second-order valence-electron chi connectivity index (χ2n) is 6.22. The van der Waals surface area contributed by atoms with E-state index in [0.29, 0.717) is 12.5 Å². The molecule has 1 aromatic heterocycles. The lowest BCUT2D eigenvalue weighted by Crippen LogP contribution is -2.10. The monoisotopic (exact) mass is 332 g/mol. The van der Waals surface area contributed by atoms with Crippen LogP contribution in [0.4, 0.5) is 11.8 Å². The quantitative estimate of drug-likeness (QED) is 0.675. The average Bonchev–Trinajstić information content (AvgIpc) is 2.62. The first-order valence-corrected chi connectivity index (χ1v) is 8.62. The third kappa shape index (κ3) is 5.31. The molecule has 0 saturated carbocycles. The van der Waals surface area contributed by atoms with Gasteiger partial charge in [0.25, 0.3) is 0 Å². The van der Waals surface area contributed by atoms with E-state index >= 15 is 0 Å². The molecular weight excluding hydrogens is 308 g/mol. The van der Waals surface area contributed by atoms with Crippen LogP contribution in [0.15, 0.2) is 60.7 Å². The van der Waals surface area contributed by atoms with Crippen LogP contribution in [0.2, 0.25) is 0 Å². The van der Waals surface area contributed by atoms with Gasteiger partial charge >= 0.3 is 0 Å². The Morgan fingerprint density at radius 2 is 1.56 bits per heavy atom. The van der Waals surface area contributed by atoms with Crippen LogP contribution < -0.4 is 10.6 Å². The van der Waals surface area contributed by atoms with Crippen LogP contribution in [0.3, 0.4) is 0 Å². The van der Waals surface area contributed by atoms with E-state index < -0.39 is 0 Å². The lowest BCUT2D eigenvalue weighted by atomic mass is 10.1. The predicted molar refractivity (Wildman–Crippen MR) is 104 cm³/mol. The number of rotatable bonds is 7. The van der Waals surface area contributed by atoms with Crippen molar-refractivity contribution in [2.75, 3.05) is 17.2 Å². The number of hydrogen-bond donors (Lipinski definition) is 2. The highest BCUT2D eigenvalue weighted by molar-refractivity contribution is 5.42. The van der Waals surface area contributed by atoms with Crippen molar-refractivity contribution < 1.29 is 0 Å². The topological polar surface area (TPSA) is 49.8 Å². The van der Waals surface area contributed by atoms with E-state index in [1.165, 1.54) is 16.7 Å². The van der Waals surface area contributed by atoms with Crippen LogP contribution >= 0.6 is 0 Å². The summed E-state index contributed by atoms with van der Waals surface area (Å²) < 4.78 is 0. The molecule has 1 heterocycles. The van der Waals surface area contributed by atoms with Gasteiger partial charge in [0.2, 0.25) is 5.95 Å². The smallest absolute Gasteiger partial charge is 0.225 e. The zero-order chi connectivity index (χ0) is 17.5. The van der Waals surface area contributed by atoms with Crippen LogP contribution in [0.5, 0.6) is 0 Å². The Morgan fingerprint density at radius 1 is 0.800 bits per heavy atom. The highest BCUT2D eigenvalue weighted by Crippen LogP contribution is 2.12. The van der Waals surface area contributed by atoms with Gasteiger partial charge in [0, 0.05) is 24.8 Å². The van der Waals surface area contributed by atoms with Crippen molar-refractivity contribution in [3.05, 3.63) is 83.0 Å². The summed E-state index contributed by atoms with van der Waals surface area (Å²) in [7, 11) is 0. The first kappa shape index (κ1) is 17.0. The number of benzene rings is 2. The van der Waals surface area contributed by atoms with Gasteiger partial charge in [-0.15, -0.1) is 0 Å². The van der Waals surface area contributed by atoms with E-state index in [1.807, 2.05) is 19.1 Å². The zero-order valence-corrected chi connectivity index (χ0v) is 14.8. The van der Waals surface area contributed by atoms with E-state index in [2.05, 4.69) is 76.1 Å². The minimum atomic E-state index is 0.655. The van der Waals surface area contributed by atoms with Gasteiger partial charge in [-0.05, 0) is 31.4 Å². The number of nitrogens with one attached hydrogen (secondary N) is 2. The van der Waals surface area contributed by atoms with Crippen molar-refractivity contribution >= 4 is 11.8 Å². The summed E-state index contributed by atoms with van der Waals surface area (Å²) in [6, 6.07) is 20.9. The zero-order valence-electron chi connectivity index (χ0n) is 14.8. The molecule has 3 rings (SSSR count). The number of aromatic nitrogens is 2. The number of nitrogens with zero attached hydrogens (tertiary/aromatic N) is 2. The molecule has 0 aliphatic rings. The van der Waals surface area contributed by atoms with Gasteiger partial charge < -0.3 is 10.6 Å². The fraction of sp³-hybridized carbons (Fsp3) is 0.238. The van der Waals surface area contributed by atoms with Crippen LogP contribution in [-0.4, -0.2) is 16.5 Å². The van der Waals surface area contributed by atoms with Gasteiger partial charge in [0.15, 0.2) is 0 Å². The molecule has 0 amide bonds.